The van der Waals surface area contributed by atoms with E-state index in [9.17, 15) is 18.5 Å². The first-order chi connectivity index (χ1) is 13.9. The summed E-state index contributed by atoms with van der Waals surface area (Å²) < 4.78 is 35.0. The van der Waals surface area contributed by atoms with Crippen molar-refractivity contribution in [2.45, 2.75) is 76.9 Å². The summed E-state index contributed by atoms with van der Waals surface area (Å²) >= 11 is 0. The Kier molecular flexibility index (Phi) is 10.9. The second kappa shape index (κ2) is 13.1. The first-order valence-electron chi connectivity index (χ1n) is 10.8. The normalized spacial score (nSPS) is 24.4. The molecule has 0 aliphatic heterocycles. The Hall–Kier alpha value is -1.27. The van der Waals surface area contributed by atoms with Gasteiger partial charge in [0.25, 0.3) is 0 Å². The Bertz CT molecular complexity index is 543. The van der Waals surface area contributed by atoms with Gasteiger partial charge in [0.2, 0.25) is 0 Å². The van der Waals surface area contributed by atoms with E-state index in [0.29, 0.717) is 18.5 Å². The van der Waals surface area contributed by atoms with Crippen LogP contribution in [0.5, 0.6) is 0 Å². The van der Waals surface area contributed by atoms with Crippen LogP contribution in [-0.2, 0) is 18.8 Å². The molecule has 0 aromatic carbocycles. The molecule has 7 nitrogen and oxygen atoms in total. The molecular weight excluding hydrogens is 400 g/mol. The maximum absolute atomic E-state index is 14.0. The molecule has 0 saturated heterocycles. The predicted molar refractivity (Wildman–Crippen MR) is 106 cm³/mol. The summed E-state index contributed by atoms with van der Waals surface area (Å²) in [6.07, 6.45) is 7.49. The zero-order chi connectivity index (χ0) is 21.1. The van der Waals surface area contributed by atoms with E-state index in [1.54, 1.807) is 0 Å². The Labute approximate surface area is 173 Å². The summed E-state index contributed by atoms with van der Waals surface area (Å²) in [6, 6.07) is 0. The van der Waals surface area contributed by atoms with Crippen molar-refractivity contribution in [1.29, 1.82) is 0 Å². The third kappa shape index (κ3) is 9.85. The predicted octanol–water partition coefficient (Wildman–Crippen LogP) is 4.45. The van der Waals surface area contributed by atoms with Gasteiger partial charge in [-0.3, -0.25) is 10.1 Å². The van der Waals surface area contributed by atoms with Crippen LogP contribution in [0.25, 0.3) is 0 Å². The lowest BCUT2D eigenvalue weighted by molar-refractivity contribution is -0.150. The Morgan fingerprint density at radius 3 is 2.45 bits per heavy atom. The lowest BCUT2D eigenvalue weighted by Crippen LogP contribution is -2.33. The van der Waals surface area contributed by atoms with Crippen molar-refractivity contribution in [2.24, 2.45) is 17.8 Å². The lowest BCUT2D eigenvalue weighted by atomic mass is 9.80. The second-order valence-corrected chi connectivity index (χ2v) is 9.33. The van der Waals surface area contributed by atoms with E-state index in [1.165, 1.54) is 0 Å². The number of rotatable bonds is 10. The molecule has 0 radical (unpaired) electrons. The van der Waals surface area contributed by atoms with E-state index in [1.807, 2.05) is 0 Å². The number of alkyl halides is 1. The number of hydrogen-bond acceptors (Lipinski definition) is 5. The average Bonchev–Trinajstić information content (AvgIpc) is 2.70. The standard InChI is InChI=1S/C20H33FNO6P/c21-18(10-9-15-5-4-6-16(13-15)14-29(25)26)22-20(24)28-12-11-27-19(23)17-7-2-1-3-8-17/h15-18H,1-14H2,(H-,22,24,25,26)/p+1. The van der Waals surface area contributed by atoms with E-state index in [4.69, 9.17) is 14.4 Å². The average molecular weight is 434 g/mol. The molecule has 9 heteroatoms. The van der Waals surface area contributed by atoms with E-state index < -0.39 is 20.4 Å². The van der Waals surface area contributed by atoms with E-state index in [2.05, 4.69) is 5.32 Å². The zero-order valence-corrected chi connectivity index (χ0v) is 17.9. The molecule has 29 heavy (non-hydrogen) atoms. The highest BCUT2D eigenvalue weighted by Gasteiger charge is 2.28. The van der Waals surface area contributed by atoms with Crippen LogP contribution in [0.1, 0.15) is 70.6 Å². The SMILES string of the molecule is O=C(NC(F)CCC1CCCC(C[P+](=O)O)C1)OCCOC(=O)C1CCCCC1. The van der Waals surface area contributed by atoms with Gasteiger partial charge in [-0.1, -0.05) is 32.1 Å². The van der Waals surface area contributed by atoms with E-state index >= 15 is 0 Å². The monoisotopic (exact) mass is 434 g/mol. The van der Waals surface area contributed by atoms with Crippen LogP contribution in [0.2, 0.25) is 0 Å². The van der Waals surface area contributed by atoms with Gasteiger partial charge in [0.15, 0.2) is 12.5 Å². The molecule has 1 amide bonds. The number of ether oxygens (including phenoxy) is 2. The van der Waals surface area contributed by atoms with Crippen molar-refractivity contribution < 1.29 is 32.9 Å². The van der Waals surface area contributed by atoms with Crippen LogP contribution in [0.3, 0.4) is 0 Å². The van der Waals surface area contributed by atoms with Crippen LogP contribution < -0.4 is 5.32 Å². The molecule has 4 atom stereocenters. The van der Waals surface area contributed by atoms with Gasteiger partial charge in [0.1, 0.15) is 13.2 Å². The van der Waals surface area contributed by atoms with Crippen molar-refractivity contribution in [1.82, 2.24) is 5.32 Å². The number of carbonyl (C=O) groups is 2. The molecule has 2 rings (SSSR count). The fraction of sp³-hybridized carbons (Fsp3) is 0.900. The molecule has 0 spiro atoms. The molecule has 2 fully saturated rings. The number of halogens is 1. The molecule has 0 heterocycles. The number of esters is 1. The van der Waals surface area contributed by atoms with Crippen LogP contribution >= 0.6 is 8.03 Å². The van der Waals surface area contributed by atoms with Crippen molar-refractivity contribution in [2.75, 3.05) is 19.4 Å². The third-order valence-electron chi connectivity index (χ3n) is 5.91. The molecule has 166 valence electrons. The minimum absolute atomic E-state index is 0.0176. The summed E-state index contributed by atoms with van der Waals surface area (Å²) in [6.45, 7) is -0.114. The molecule has 0 aromatic heterocycles. The van der Waals surface area contributed by atoms with Gasteiger partial charge in [0.05, 0.1) is 5.92 Å². The van der Waals surface area contributed by atoms with Gasteiger partial charge in [-0.15, -0.1) is 0 Å². The van der Waals surface area contributed by atoms with Gasteiger partial charge in [-0.05, 0) is 49.0 Å². The fourth-order valence-corrected chi connectivity index (χ4v) is 5.18. The van der Waals surface area contributed by atoms with Crippen molar-refractivity contribution in [3.8, 4) is 0 Å². The van der Waals surface area contributed by atoms with Crippen LogP contribution in [-0.4, -0.2) is 42.6 Å². The highest BCUT2D eigenvalue weighted by atomic mass is 31.1. The number of carbonyl (C=O) groups excluding carboxylic acids is 2. The lowest BCUT2D eigenvalue weighted by Gasteiger charge is -2.27. The number of alkyl carbamates (subject to hydrolysis) is 1. The van der Waals surface area contributed by atoms with Gasteiger partial charge in [-0.2, -0.15) is 4.89 Å². The highest BCUT2D eigenvalue weighted by molar-refractivity contribution is 7.38. The smallest absolute Gasteiger partial charge is 0.462 e. The molecule has 2 N–H and O–H groups in total. The summed E-state index contributed by atoms with van der Waals surface area (Å²) in [5, 5.41) is 2.16. The molecule has 2 aliphatic carbocycles. The molecule has 0 bridgehead atoms. The number of nitrogens with one attached hydrogen (secondary N) is 1. The van der Waals surface area contributed by atoms with Gasteiger partial charge in [-0.25, -0.2) is 9.18 Å². The van der Waals surface area contributed by atoms with Crippen LogP contribution in [0.4, 0.5) is 9.18 Å². The fourth-order valence-electron chi connectivity index (χ4n) is 4.41. The van der Waals surface area contributed by atoms with E-state index in [-0.39, 0.29) is 37.4 Å². The first-order valence-corrected chi connectivity index (χ1v) is 12.2. The Balaban J connectivity index is 1.53. The quantitative estimate of drug-likeness (QED) is 0.228. The zero-order valence-electron chi connectivity index (χ0n) is 17.0. The maximum atomic E-state index is 14.0. The maximum Gasteiger partial charge on any atom is 0.505 e. The van der Waals surface area contributed by atoms with Crippen LogP contribution in [0.15, 0.2) is 0 Å². The second-order valence-electron chi connectivity index (χ2n) is 8.26. The Morgan fingerprint density at radius 1 is 1.03 bits per heavy atom. The van der Waals surface area contributed by atoms with Gasteiger partial charge < -0.3 is 9.47 Å². The van der Waals surface area contributed by atoms with Crippen molar-refractivity contribution in [3.63, 3.8) is 0 Å². The van der Waals surface area contributed by atoms with Gasteiger partial charge in [0, 0.05) is 5.92 Å². The topological polar surface area (TPSA) is 102 Å². The summed E-state index contributed by atoms with van der Waals surface area (Å²) in [5.41, 5.74) is 0. The molecule has 2 saturated carbocycles. The Morgan fingerprint density at radius 2 is 1.72 bits per heavy atom. The molecule has 4 unspecified atom stereocenters. The number of hydrogen-bond donors (Lipinski definition) is 2. The molecule has 0 aromatic rings. The molecular formula is C20H34FNO6P+. The van der Waals surface area contributed by atoms with Crippen molar-refractivity contribution >= 4 is 20.1 Å². The summed E-state index contributed by atoms with van der Waals surface area (Å²) in [7, 11) is -2.12. The van der Waals surface area contributed by atoms with Crippen molar-refractivity contribution in [3.05, 3.63) is 0 Å². The minimum atomic E-state index is -2.12. The van der Waals surface area contributed by atoms with Crippen LogP contribution in [0, 0.1) is 17.8 Å². The minimum Gasteiger partial charge on any atom is -0.462 e. The largest absolute Gasteiger partial charge is 0.505 e. The van der Waals surface area contributed by atoms with Gasteiger partial charge >= 0.3 is 20.1 Å². The number of amides is 1. The summed E-state index contributed by atoms with van der Waals surface area (Å²) in [4.78, 5) is 32.6. The highest BCUT2D eigenvalue weighted by Crippen LogP contribution is 2.36. The third-order valence-corrected chi connectivity index (χ3v) is 6.74. The van der Waals surface area contributed by atoms with E-state index in [0.717, 1.165) is 57.8 Å². The first kappa shape index (κ1) is 24.0. The molecule has 2 aliphatic rings. The summed E-state index contributed by atoms with van der Waals surface area (Å²) in [5.74, 6) is 0.257.